The summed E-state index contributed by atoms with van der Waals surface area (Å²) in [5, 5.41) is 11.5. The summed E-state index contributed by atoms with van der Waals surface area (Å²) in [5.74, 6) is 0.998. The number of nitrogens with zero attached hydrogens (tertiary/aromatic N) is 3. The van der Waals surface area contributed by atoms with Gasteiger partial charge in [0.1, 0.15) is 12.2 Å². The van der Waals surface area contributed by atoms with E-state index in [1.165, 1.54) is 5.56 Å². The SMILES string of the molecule is CCn1cnnc1CNC(C)Cc1ccccc1. The number of rotatable bonds is 6. The highest BCUT2D eigenvalue weighted by Crippen LogP contribution is 2.03. The summed E-state index contributed by atoms with van der Waals surface area (Å²) >= 11 is 0. The Morgan fingerprint density at radius 1 is 1.28 bits per heavy atom. The average molecular weight is 244 g/mol. The van der Waals surface area contributed by atoms with Crippen LogP contribution in [-0.4, -0.2) is 20.8 Å². The monoisotopic (exact) mass is 244 g/mol. The van der Waals surface area contributed by atoms with Crippen LogP contribution in [0, 0.1) is 0 Å². The lowest BCUT2D eigenvalue weighted by Gasteiger charge is -2.13. The Kier molecular flexibility index (Phi) is 4.47. The number of aryl methyl sites for hydroxylation is 1. The molecule has 0 aliphatic rings. The van der Waals surface area contributed by atoms with Gasteiger partial charge in [-0.15, -0.1) is 10.2 Å². The topological polar surface area (TPSA) is 42.7 Å². The molecule has 0 amide bonds. The minimum Gasteiger partial charge on any atom is -0.317 e. The normalized spacial score (nSPS) is 12.6. The first-order valence-corrected chi connectivity index (χ1v) is 6.43. The van der Waals surface area contributed by atoms with Crippen LogP contribution in [0.15, 0.2) is 36.7 Å². The Morgan fingerprint density at radius 3 is 2.78 bits per heavy atom. The maximum absolute atomic E-state index is 4.12. The van der Waals surface area contributed by atoms with Crippen molar-refractivity contribution in [3.63, 3.8) is 0 Å². The summed E-state index contributed by atoms with van der Waals surface area (Å²) in [6.07, 6.45) is 2.81. The highest BCUT2D eigenvalue weighted by molar-refractivity contribution is 5.15. The Bertz CT molecular complexity index is 464. The fraction of sp³-hybridized carbons (Fsp3) is 0.429. The van der Waals surface area contributed by atoms with Gasteiger partial charge >= 0.3 is 0 Å². The van der Waals surface area contributed by atoms with Crippen LogP contribution in [0.1, 0.15) is 25.2 Å². The van der Waals surface area contributed by atoms with Gasteiger partial charge in [0.25, 0.3) is 0 Å². The first-order valence-electron chi connectivity index (χ1n) is 6.43. The van der Waals surface area contributed by atoms with E-state index in [2.05, 4.69) is 58.2 Å². The Hall–Kier alpha value is -1.68. The molecular formula is C14H20N4. The predicted molar refractivity (Wildman–Crippen MR) is 72.1 cm³/mol. The molecule has 96 valence electrons. The van der Waals surface area contributed by atoms with Gasteiger partial charge in [-0.2, -0.15) is 0 Å². The van der Waals surface area contributed by atoms with Gasteiger partial charge in [0.2, 0.25) is 0 Å². The van der Waals surface area contributed by atoms with E-state index in [-0.39, 0.29) is 0 Å². The second kappa shape index (κ2) is 6.31. The molecule has 0 aliphatic heterocycles. The summed E-state index contributed by atoms with van der Waals surface area (Å²) in [5.41, 5.74) is 1.36. The van der Waals surface area contributed by atoms with E-state index in [0.29, 0.717) is 6.04 Å². The van der Waals surface area contributed by atoms with Crippen molar-refractivity contribution in [2.75, 3.05) is 0 Å². The van der Waals surface area contributed by atoms with Crippen LogP contribution in [0.5, 0.6) is 0 Å². The Labute approximate surface area is 108 Å². The highest BCUT2D eigenvalue weighted by atomic mass is 15.3. The molecule has 1 heterocycles. The van der Waals surface area contributed by atoms with E-state index in [1.807, 2.05) is 6.07 Å². The highest BCUT2D eigenvalue weighted by Gasteiger charge is 2.06. The molecule has 1 aromatic carbocycles. The van der Waals surface area contributed by atoms with Gasteiger partial charge in [-0.1, -0.05) is 30.3 Å². The molecule has 0 radical (unpaired) electrons. The van der Waals surface area contributed by atoms with Crippen molar-refractivity contribution in [1.29, 1.82) is 0 Å². The van der Waals surface area contributed by atoms with Crippen molar-refractivity contribution in [1.82, 2.24) is 20.1 Å². The average Bonchev–Trinajstić information content (AvgIpc) is 2.85. The van der Waals surface area contributed by atoms with E-state index >= 15 is 0 Å². The lowest BCUT2D eigenvalue weighted by atomic mass is 10.1. The van der Waals surface area contributed by atoms with Gasteiger partial charge in [-0.05, 0) is 25.8 Å². The Balaban J connectivity index is 1.83. The molecule has 0 spiro atoms. The third-order valence-electron chi connectivity index (χ3n) is 3.03. The molecule has 0 saturated carbocycles. The van der Waals surface area contributed by atoms with E-state index in [4.69, 9.17) is 0 Å². The number of hydrogen-bond donors (Lipinski definition) is 1. The van der Waals surface area contributed by atoms with Gasteiger partial charge in [-0.25, -0.2) is 0 Å². The lowest BCUT2D eigenvalue weighted by Crippen LogP contribution is -2.28. The first kappa shape index (κ1) is 12.8. The third kappa shape index (κ3) is 3.40. The van der Waals surface area contributed by atoms with Crippen molar-refractivity contribution in [3.05, 3.63) is 48.0 Å². The quantitative estimate of drug-likeness (QED) is 0.845. The minimum absolute atomic E-state index is 0.425. The molecule has 4 nitrogen and oxygen atoms in total. The minimum atomic E-state index is 0.425. The zero-order chi connectivity index (χ0) is 12.8. The summed E-state index contributed by atoms with van der Waals surface area (Å²) < 4.78 is 2.06. The van der Waals surface area contributed by atoms with Crippen LogP contribution in [0.3, 0.4) is 0 Å². The molecule has 2 rings (SSSR count). The second-order valence-electron chi connectivity index (χ2n) is 4.50. The summed E-state index contributed by atoms with van der Waals surface area (Å²) in [7, 11) is 0. The summed E-state index contributed by atoms with van der Waals surface area (Å²) in [6.45, 7) is 5.97. The maximum atomic E-state index is 4.12. The molecule has 0 fully saturated rings. The van der Waals surface area contributed by atoms with E-state index in [1.54, 1.807) is 6.33 Å². The van der Waals surface area contributed by atoms with Crippen LogP contribution in [0.25, 0.3) is 0 Å². The molecule has 0 saturated heterocycles. The molecule has 1 N–H and O–H groups in total. The van der Waals surface area contributed by atoms with Crippen LogP contribution >= 0.6 is 0 Å². The molecule has 18 heavy (non-hydrogen) atoms. The van der Waals surface area contributed by atoms with Gasteiger partial charge in [-0.3, -0.25) is 0 Å². The fourth-order valence-electron chi connectivity index (χ4n) is 1.99. The largest absolute Gasteiger partial charge is 0.317 e. The number of benzene rings is 1. The van der Waals surface area contributed by atoms with Crippen LogP contribution in [-0.2, 0) is 19.5 Å². The number of hydrogen-bond acceptors (Lipinski definition) is 3. The summed E-state index contributed by atoms with van der Waals surface area (Å²) in [4.78, 5) is 0. The number of nitrogens with one attached hydrogen (secondary N) is 1. The number of aromatic nitrogens is 3. The van der Waals surface area contributed by atoms with E-state index < -0.39 is 0 Å². The first-order chi connectivity index (χ1) is 8.79. The lowest BCUT2D eigenvalue weighted by molar-refractivity contribution is 0.518. The zero-order valence-electron chi connectivity index (χ0n) is 11.0. The van der Waals surface area contributed by atoms with E-state index in [9.17, 15) is 0 Å². The van der Waals surface area contributed by atoms with Gasteiger partial charge in [0.15, 0.2) is 0 Å². The van der Waals surface area contributed by atoms with Crippen LogP contribution in [0.2, 0.25) is 0 Å². The van der Waals surface area contributed by atoms with Crippen molar-refractivity contribution in [2.24, 2.45) is 0 Å². The van der Waals surface area contributed by atoms with Gasteiger partial charge < -0.3 is 9.88 Å². The molecule has 0 bridgehead atoms. The smallest absolute Gasteiger partial charge is 0.146 e. The molecule has 1 unspecified atom stereocenters. The summed E-state index contributed by atoms with van der Waals surface area (Å²) in [6, 6.07) is 10.9. The zero-order valence-corrected chi connectivity index (χ0v) is 11.0. The molecular weight excluding hydrogens is 224 g/mol. The predicted octanol–water partition coefficient (Wildman–Crippen LogP) is 2.02. The standard InChI is InChI=1S/C14H20N4/c1-3-18-11-16-17-14(18)10-15-12(2)9-13-7-5-4-6-8-13/h4-8,11-12,15H,3,9-10H2,1-2H3. The van der Waals surface area contributed by atoms with Gasteiger partial charge in [0.05, 0.1) is 6.54 Å². The molecule has 1 atom stereocenters. The van der Waals surface area contributed by atoms with Crippen molar-refractivity contribution in [3.8, 4) is 0 Å². The van der Waals surface area contributed by atoms with Crippen LogP contribution < -0.4 is 5.32 Å². The van der Waals surface area contributed by atoms with Crippen LogP contribution in [0.4, 0.5) is 0 Å². The third-order valence-corrected chi connectivity index (χ3v) is 3.03. The van der Waals surface area contributed by atoms with Gasteiger partial charge in [0, 0.05) is 12.6 Å². The Morgan fingerprint density at radius 2 is 2.06 bits per heavy atom. The maximum Gasteiger partial charge on any atom is 0.146 e. The molecule has 1 aromatic heterocycles. The van der Waals surface area contributed by atoms with Crippen molar-refractivity contribution in [2.45, 2.75) is 39.4 Å². The van der Waals surface area contributed by atoms with E-state index in [0.717, 1.165) is 25.3 Å². The molecule has 0 aliphatic carbocycles. The van der Waals surface area contributed by atoms with Crippen molar-refractivity contribution < 1.29 is 0 Å². The molecule has 2 aromatic rings. The van der Waals surface area contributed by atoms with Crippen molar-refractivity contribution >= 4 is 0 Å². The second-order valence-corrected chi connectivity index (χ2v) is 4.50. The molecule has 4 heteroatoms. The fourth-order valence-corrected chi connectivity index (χ4v) is 1.99.